The van der Waals surface area contributed by atoms with Crippen molar-refractivity contribution in [2.45, 2.75) is 37.6 Å². The van der Waals surface area contributed by atoms with Gasteiger partial charge in [0.25, 0.3) is 0 Å². The van der Waals surface area contributed by atoms with Crippen LogP contribution in [0.5, 0.6) is 0 Å². The zero-order chi connectivity index (χ0) is 15.7. The van der Waals surface area contributed by atoms with Crippen LogP contribution in [0.4, 0.5) is 13.2 Å². The van der Waals surface area contributed by atoms with Crippen LogP contribution in [-0.2, 0) is 17.5 Å². The maximum atomic E-state index is 12.6. The molecule has 2 heterocycles. The number of fused-ring (bicyclic) bond motifs is 2. The molecule has 1 aromatic rings. The molecule has 0 radical (unpaired) electrons. The van der Waals surface area contributed by atoms with E-state index in [1.54, 1.807) is 0 Å². The van der Waals surface area contributed by atoms with Gasteiger partial charge in [0.2, 0.25) is 0 Å². The summed E-state index contributed by atoms with van der Waals surface area (Å²) in [6.45, 7) is 1.68. The first-order valence-electron chi connectivity index (χ1n) is 7.17. The molecule has 1 aromatic carbocycles. The van der Waals surface area contributed by atoms with Crippen LogP contribution in [0.15, 0.2) is 29.4 Å². The van der Waals surface area contributed by atoms with Crippen molar-refractivity contribution in [1.29, 1.82) is 0 Å². The second kappa shape index (κ2) is 5.89. The molecule has 2 fully saturated rings. The molecule has 7 heteroatoms. The number of hydrogen-bond donors (Lipinski definition) is 1. The van der Waals surface area contributed by atoms with Gasteiger partial charge in [0.1, 0.15) is 0 Å². The number of morpholine rings is 1. The Balaban J connectivity index is 1.73. The fourth-order valence-electron chi connectivity index (χ4n) is 3.16. The summed E-state index contributed by atoms with van der Waals surface area (Å²) in [5, 5.41) is 12.3. The Bertz CT molecular complexity index is 541. The van der Waals surface area contributed by atoms with E-state index in [1.807, 2.05) is 0 Å². The predicted molar refractivity (Wildman–Crippen MR) is 73.8 cm³/mol. The minimum Gasteiger partial charge on any atom is -0.411 e. The second-order valence-electron chi connectivity index (χ2n) is 5.79. The van der Waals surface area contributed by atoms with Gasteiger partial charge in [-0.2, -0.15) is 13.2 Å². The molecule has 1 N–H and O–H groups in total. The first-order chi connectivity index (χ1) is 10.5. The summed E-state index contributed by atoms with van der Waals surface area (Å²) in [4.78, 5) is 2.24. The molecular weight excluding hydrogens is 297 g/mol. The Kier molecular flexibility index (Phi) is 4.10. The summed E-state index contributed by atoms with van der Waals surface area (Å²) in [5.74, 6) is 0. The van der Waals surface area contributed by atoms with E-state index >= 15 is 0 Å². The van der Waals surface area contributed by atoms with Gasteiger partial charge in [-0.05, 0) is 17.7 Å². The van der Waals surface area contributed by atoms with Crippen molar-refractivity contribution in [2.24, 2.45) is 5.16 Å². The van der Waals surface area contributed by atoms with Crippen molar-refractivity contribution in [3.05, 3.63) is 35.4 Å². The number of benzene rings is 1. The van der Waals surface area contributed by atoms with Gasteiger partial charge in [-0.1, -0.05) is 17.3 Å². The number of ether oxygens (including phenoxy) is 1. The van der Waals surface area contributed by atoms with Gasteiger partial charge >= 0.3 is 6.18 Å². The Morgan fingerprint density at radius 1 is 1.14 bits per heavy atom. The van der Waals surface area contributed by atoms with Gasteiger partial charge in [0, 0.05) is 31.5 Å². The minimum absolute atomic E-state index is 0.112. The van der Waals surface area contributed by atoms with Gasteiger partial charge in [-0.15, -0.1) is 0 Å². The van der Waals surface area contributed by atoms with E-state index < -0.39 is 11.7 Å². The lowest BCUT2D eigenvalue weighted by atomic mass is 9.92. The van der Waals surface area contributed by atoms with Gasteiger partial charge < -0.3 is 9.94 Å². The second-order valence-corrected chi connectivity index (χ2v) is 5.79. The van der Waals surface area contributed by atoms with Crippen LogP contribution in [0.25, 0.3) is 0 Å². The van der Waals surface area contributed by atoms with Crippen LogP contribution < -0.4 is 0 Å². The molecule has 0 aromatic heterocycles. The maximum absolute atomic E-state index is 12.6. The Morgan fingerprint density at radius 2 is 1.73 bits per heavy atom. The average molecular weight is 314 g/mol. The van der Waals surface area contributed by atoms with Crippen LogP contribution in [0.1, 0.15) is 24.0 Å². The van der Waals surface area contributed by atoms with E-state index in [9.17, 15) is 13.2 Å². The molecule has 2 aliphatic rings. The highest BCUT2D eigenvalue weighted by Crippen LogP contribution is 2.31. The van der Waals surface area contributed by atoms with Crippen LogP contribution >= 0.6 is 0 Å². The molecule has 0 spiro atoms. The molecule has 4 nitrogen and oxygen atoms in total. The summed E-state index contributed by atoms with van der Waals surface area (Å²) in [5.41, 5.74) is 0.976. The van der Waals surface area contributed by atoms with Gasteiger partial charge in [-0.25, -0.2) is 0 Å². The van der Waals surface area contributed by atoms with Crippen molar-refractivity contribution in [3.8, 4) is 0 Å². The lowest BCUT2D eigenvalue weighted by molar-refractivity contribution is -0.137. The number of halogens is 3. The standard InChI is InChI=1S/C15H17F3N2O2/c16-15(17,18)11-3-1-10(2-4-11)7-20-13-5-12(19-21)6-14(20)9-22-8-13/h1-4,13-14,21H,5-9H2. The summed E-state index contributed by atoms with van der Waals surface area (Å²) >= 11 is 0. The van der Waals surface area contributed by atoms with Gasteiger partial charge in [0.05, 0.1) is 24.5 Å². The van der Waals surface area contributed by atoms with Crippen LogP contribution in [0.2, 0.25) is 0 Å². The number of piperidine rings is 1. The monoisotopic (exact) mass is 314 g/mol. The third-order valence-corrected chi connectivity index (χ3v) is 4.29. The summed E-state index contributed by atoms with van der Waals surface area (Å²) < 4.78 is 43.3. The first kappa shape index (κ1) is 15.3. The molecule has 2 atom stereocenters. The molecule has 22 heavy (non-hydrogen) atoms. The molecule has 2 aliphatic heterocycles. The molecule has 3 rings (SSSR count). The first-order valence-corrected chi connectivity index (χ1v) is 7.17. The summed E-state index contributed by atoms with van der Waals surface area (Å²) in [7, 11) is 0. The molecule has 2 saturated heterocycles. The van der Waals surface area contributed by atoms with Crippen LogP contribution in [0.3, 0.4) is 0 Å². The molecule has 2 bridgehead atoms. The van der Waals surface area contributed by atoms with Crippen LogP contribution in [-0.4, -0.2) is 41.1 Å². The quantitative estimate of drug-likeness (QED) is 0.674. The molecule has 0 aliphatic carbocycles. The predicted octanol–water partition coefficient (Wildman–Crippen LogP) is 2.90. The Labute approximate surface area is 126 Å². The highest BCUT2D eigenvalue weighted by Gasteiger charge is 2.37. The van der Waals surface area contributed by atoms with E-state index in [2.05, 4.69) is 10.1 Å². The van der Waals surface area contributed by atoms with E-state index in [-0.39, 0.29) is 12.1 Å². The summed E-state index contributed by atoms with van der Waals surface area (Å²) in [6, 6.07) is 5.50. The fraction of sp³-hybridized carbons (Fsp3) is 0.533. The van der Waals surface area contributed by atoms with Crippen molar-refractivity contribution >= 4 is 5.71 Å². The molecule has 0 amide bonds. The normalized spacial score (nSPS) is 26.0. The Hall–Kier alpha value is -1.60. The molecule has 2 unspecified atom stereocenters. The van der Waals surface area contributed by atoms with Crippen molar-refractivity contribution < 1.29 is 23.1 Å². The van der Waals surface area contributed by atoms with E-state index in [1.165, 1.54) is 12.1 Å². The average Bonchev–Trinajstić information content (AvgIpc) is 2.46. The van der Waals surface area contributed by atoms with Gasteiger partial charge in [-0.3, -0.25) is 4.90 Å². The third kappa shape index (κ3) is 3.10. The van der Waals surface area contributed by atoms with E-state index in [4.69, 9.17) is 9.94 Å². The number of nitrogens with zero attached hydrogens (tertiary/aromatic N) is 2. The largest absolute Gasteiger partial charge is 0.416 e. The number of alkyl halides is 3. The zero-order valence-corrected chi connectivity index (χ0v) is 11.9. The lowest BCUT2D eigenvalue weighted by Crippen LogP contribution is -2.56. The number of oxime groups is 1. The molecule has 120 valence electrons. The van der Waals surface area contributed by atoms with Crippen LogP contribution in [0, 0.1) is 0 Å². The zero-order valence-electron chi connectivity index (χ0n) is 11.9. The molecular formula is C15H17F3N2O2. The number of hydrogen-bond acceptors (Lipinski definition) is 4. The van der Waals surface area contributed by atoms with Crippen molar-refractivity contribution in [2.75, 3.05) is 13.2 Å². The highest BCUT2D eigenvalue weighted by molar-refractivity contribution is 5.86. The smallest absolute Gasteiger partial charge is 0.411 e. The minimum atomic E-state index is -4.31. The SMILES string of the molecule is ON=C1CC2COCC(C1)N2Cc1ccc(C(F)(F)F)cc1. The number of rotatable bonds is 2. The van der Waals surface area contributed by atoms with E-state index in [0.717, 1.165) is 23.4 Å². The summed E-state index contributed by atoms with van der Waals surface area (Å²) in [6.07, 6.45) is -3.04. The van der Waals surface area contributed by atoms with E-state index in [0.29, 0.717) is 32.6 Å². The topological polar surface area (TPSA) is 45.1 Å². The Morgan fingerprint density at radius 3 is 2.23 bits per heavy atom. The van der Waals surface area contributed by atoms with Crippen molar-refractivity contribution in [1.82, 2.24) is 4.90 Å². The van der Waals surface area contributed by atoms with Gasteiger partial charge in [0.15, 0.2) is 0 Å². The maximum Gasteiger partial charge on any atom is 0.416 e. The fourth-order valence-corrected chi connectivity index (χ4v) is 3.16. The lowest BCUT2D eigenvalue weighted by Gasteiger charge is -2.45. The van der Waals surface area contributed by atoms with Crippen molar-refractivity contribution in [3.63, 3.8) is 0 Å². The third-order valence-electron chi connectivity index (χ3n) is 4.29. The molecule has 0 saturated carbocycles. The highest BCUT2D eigenvalue weighted by atomic mass is 19.4.